The third-order valence-corrected chi connectivity index (χ3v) is 6.33. The fraction of sp³-hybridized carbons (Fsp3) is 0.190. The zero-order valence-corrected chi connectivity index (χ0v) is 19.0. The number of nitrogens with zero attached hydrogens (tertiary/aromatic N) is 1. The van der Waals surface area contributed by atoms with Gasteiger partial charge in [0.2, 0.25) is 10.0 Å². The predicted molar refractivity (Wildman–Crippen MR) is 121 cm³/mol. The van der Waals surface area contributed by atoms with E-state index in [1.54, 1.807) is 30.3 Å². The number of hydrogen-bond donors (Lipinski definition) is 2. The van der Waals surface area contributed by atoms with Crippen LogP contribution in [0.5, 0.6) is 5.75 Å². The number of thioether (sulfide) groups is 1. The minimum atomic E-state index is -3.76. The van der Waals surface area contributed by atoms with Crippen molar-refractivity contribution in [1.29, 1.82) is 5.26 Å². The molecule has 2 N–H and O–H groups in total. The number of carbonyl (C=O) groups excluding carboxylic acids is 2. The largest absolute Gasteiger partial charge is 0.495 e. The van der Waals surface area contributed by atoms with E-state index in [4.69, 9.17) is 14.7 Å². The summed E-state index contributed by atoms with van der Waals surface area (Å²) in [6.07, 6.45) is 2.45. The van der Waals surface area contributed by atoms with E-state index in [-0.39, 0.29) is 16.4 Å². The SMILES string of the molecule is CNS(=O)(=O)c1cc(/C=C/C(=O)OCC(=O)Nc2ccccc2SCC#N)ccc1OC. The Bertz CT molecular complexity index is 1160. The van der Waals surface area contributed by atoms with Gasteiger partial charge in [0, 0.05) is 11.0 Å². The molecule has 0 bridgehead atoms. The topological polar surface area (TPSA) is 135 Å². The summed E-state index contributed by atoms with van der Waals surface area (Å²) in [6, 6.07) is 13.4. The quantitative estimate of drug-likeness (QED) is 0.304. The van der Waals surface area contributed by atoms with Crippen molar-refractivity contribution in [2.45, 2.75) is 9.79 Å². The van der Waals surface area contributed by atoms with Gasteiger partial charge in [-0.05, 0) is 43.0 Å². The lowest BCUT2D eigenvalue weighted by molar-refractivity contribution is -0.142. The van der Waals surface area contributed by atoms with Gasteiger partial charge >= 0.3 is 5.97 Å². The second kappa shape index (κ2) is 11.9. The Balaban J connectivity index is 1.98. The number of hydrogen-bond acceptors (Lipinski definition) is 8. The molecule has 32 heavy (non-hydrogen) atoms. The second-order valence-corrected chi connectivity index (χ2v) is 8.92. The summed E-state index contributed by atoms with van der Waals surface area (Å²) in [5.74, 6) is -0.927. The van der Waals surface area contributed by atoms with Crippen molar-refractivity contribution >= 4 is 45.4 Å². The van der Waals surface area contributed by atoms with Crippen molar-refractivity contribution in [2.24, 2.45) is 0 Å². The van der Waals surface area contributed by atoms with Gasteiger partial charge < -0.3 is 14.8 Å². The van der Waals surface area contributed by atoms with Crippen molar-refractivity contribution in [3.63, 3.8) is 0 Å². The highest BCUT2D eigenvalue weighted by Crippen LogP contribution is 2.27. The minimum Gasteiger partial charge on any atom is -0.495 e. The number of nitriles is 1. The lowest BCUT2D eigenvalue weighted by Crippen LogP contribution is -2.20. The Morgan fingerprint density at radius 1 is 1.22 bits per heavy atom. The molecular formula is C21H21N3O6S2. The molecule has 0 atom stereocenters. The van der Waals surface area contributed by atoms with Crippen LogP contribution in [-0.4, -0.2) is 46.8 Å². The first-order valence-electron chi connectivity index (χ1n) is 9.15. The third-order valence-electron chi connectivity index (χ3n) is 3.96. The number of rotatable bonds is 10. The summed E-state index contributed by atoms with van der Waals surface area (Å²) in [5.41, 5.74) is 0.935. The van der Waals surface area contributed by atoms with Crippen LogP contribution < -0.4 is 14.8 Å². The van der Waals surface area contributed by atoms with E-state index in [1.165, 1.54) is 44.1 Å². The molecular weight excluding hydrogens is 454 g/mol. The number of benzene rings is 2. The summed E-state index contributed by atoms with van der Waals surface area (Å²) < 4.78 is 36.4. The predicted octanol–water partition coefficient (Wildman–Crippen LogP) is 2.41. The highest BCUT2D eigenvalue weighted by molar-refractivity contribution is 7.99. The number of carbonyl (C=O) groups is 2. The zero-order valence-electron chi connectivity index (χ0n) is 17.3. The smallest absolute Gasteiger partial charge is 0.331 e. The van der Waals surface area contributed by atoms with Gasteiger partial charge in [-0.15, -0.1) is 11.8 Å². The van der Waals surface area contributed by atoms with Crippen molar-refractivity contribution in [1.82, 2.24) is 4.72 Å². The van der Waals surface area contributed by atoms with Gasteiger partial charge in [0.25, 0.3) is 5.91 Å². The average Bonchev–Trinajstić information content (AvgIpc) is 2.80. The Morgan fingerprint density at radius 3 is 2.66 bits per heavy atom. The van der Waals surface area contributed by atoms with Crippen LogP contribution in [0.25, 0.3) is 6.08 Å². The molecule has 9 nitrogen and oxygen atoms in total. The second-order valence-electron chi connectivity index (χ2n) is 6.05. The zero-order chi connectivity index (χ0) is 23.6. The van der Waals surface area contributed by atoms with Gasteiger partial charge in [-0.3, -0.25) is 4.79 Å². The van der Waals surface area contributed by atoms with Gasteiger partial charge in [0.05, 0.1) is 24.6 Å². The molecule has 0 radical (unpaired) electrons. The summed E-state index contributed by atoms with van der Waals surface area (Å²) in [6.45, 7) is -0.511. The third kappa shape index (κ3) is 7.12. The maximum Gasteiger partial charge on any atom is 0.331 e. The van der Waals surface area contributed by atoms with Crippen LogP contribution in [0.15, 0.2) is 58.3 Å². The number of methoxy groups -OCH3 is 1. The molecule has 0 aliphatic heterocycles. The molecule has 0 saturated heterocycles. The number of amides is 1. The molecule has 168 valence electrons. The van der Waals surface area contributed by atoms with Crippen LogP contribution in [0.1, 0.15) is 5.56 Å². The molecule has 0 spiro atoms. The van der Waals surface area contributed by atoms with Crippen molar-refractivity contribution in [3.8, 4) is 11.8 Å². The summed E-state index contributed by atoms with van der Waals surface area (Å²) in [4.78, 5) is 24.7. The highest BCUT2D eigenvalue weighted by atomic mass is 32.2. The lowest BCUT2D eigenvalue weighted by Gasteiger charge is -2.10. The van der Waals surface area contributed by atoms with Crippen molar-refractivity contribution in [3.05, 3.63) is 54.1 Å². The van der Waals surface area contributed by atoms with E-state index in [9.17, 15) is 18.0 Å². The Morgan fingerprint density at radius 2 is 1.97 bits per heavy atom. The molecule has 0 unspecified atom stereocenters. The normalized spacial score (nSPS) is 11.0. The number of nitrogens with one attached hydrogen (secondary N) is 2. The first-order valence-corrected chi connectivity index (χ1v) is 11.6. The fourth-order valence-corrected chi connectivity index (χ4v) is 4.05. The molecule has 0 aromatic heterocycles. The highest BCUT2D eigenvalue weighted by Gasteiger charge is 2.17. The standard InChI is InChI=1S/C21H21N3O6S2/c1-23-32(27,28)19-13-15(7-9-17(19)29-2)8-10-21(26)30-14-20(25)24-16-5-3-4-6-18(16)31-12-11-22/h3-10,13,23H,12,14H2,1-2H3,(H,24,25)/b10-8+. The number of para-hydroxylation sites is 1. The van der Waals surface area contributed by atoms with E-state index in [0.29, 0.717) is 11.3 Å². The van der Waals surface area contributed by atoms with Crippen molar-refractivity contribution < 1.29 is 27.5 Å². The monoisotopic (exact) mass is 475 g/mol. The fourth-order valence-electron chi connectivity index (χ4n) is 2.46. The molecule has 0 aliphatic carbocycles. The van der Waals surface area contributed by atoms with Gasteiger partial charge in [-0.2, -0.15) is 5.26 Å². The molecule has 11 heteroatoms. The van der Waals surface area contributed by atoms with Crippen LogP contribution in [0.2, 0.25) is 0 Å². The van der Waals surface area contributed by atoms with E-state index in [2.05, 4.69) is 10.0 Å². The molecule has 0 heterocycles. The summed E-state index contributed by atoms with van der Waals surface area (Å²) in [5, 5.41) is 11.3. The molecule has 0 fully saturated rings. The van der Waals surface area contributed by atoms with Gasteiger partial charge in [-0.1, -0.05) is 18.2 Å². The maximum atomic E-state index is 12.1. The molecule has 1 amide bonds. The summed E-state index contributed by atoms with van der Waals surface area (Å²) in [7, 11) is -1.13. The van der Waals surface area contributed by atoms with Gasteiger partial charge in [0.15, 0.2) is 6.61 Å². The van der Waals surface area contributed by atoms with Crippen LogP contribution in [0, 0.1) is 11.3 Å². The molecule has 0 aliphatic rings. The maximum absolute atomic E-state index is 12.1. The average molecular weight is 476 g/mol. The van der Waals surface area contributed by atoms with Gasteiger partial charge in [0.1, 0.15) is 10.6 Å². The Kier molecular flexibility index (Phi) is 9.27. The number of esters is 1. The van der Waals surface area contributed by atoms with Crippen molar-refractivity contribution in [2.75, 3.05) is 31.8 Å². The molecule has 0 saturated carbocycles. The Labute approximate surface area is 190 Å². The van der Waals surface area contributed by atoms with Crippen LogP contribution in [-0.2, 0) is 24.3 Å². The van der Waals surface area contributed by atoms with E-state index >= 15 is 0 Å². The van der Waals surface area contributed by atoms with E-state index in [0.717, 1.165) is 11.0 Å². The number of anilines is 1. The first kappa shape index (κ1) is 24.9. The van der Waals surface area contributed by atoms with E-state index < -0.39 is 28.5 Å². The van der Waals surface area contributed by atoms with Crippen LogP contribution >= 0.6 is 11.8 Å². The van der Waals surface area contributed by atoms with Crippen LogP contribution in [0.4, 0.5) is 5.69 Å². The lowest BCUT2D eigenvalue weighted by atomic mass is 10.2. The molecule has 2 aromatic carbocycles. The first-order chi connectivity index (χ1) is 15.3. The van der Waals surface area contributed by atoms with Gasteiger partial charge in [-0.25, -0.2) is 17.9 Å². The number of sulfonamides is 1. The molecule has 2 aromatic rings. The molecule has 2 rings (SSSR count). The van der Waals surface area contributed by atoms with E-state index in [1.807, 2.05) is 6.07 Å². The Hall–Kier alpha value is -3.33. The van der Waals surface area contributed by atoms with Crippen LogP contribution in [0.3, 0.4) is 0 Å². The number of ether oxygens (including phenoxy) is 2. The minimum absolute atomic E-state index is 0.0784. The summed E-state index contributed by atoms with van der Waals surface area (Å²) >= 11 is 1.28.